The minimum absolute atomic E-state index is 0.0514. The number of aliphatic hydroxyl groups excluding tert-OH is 2. The molecular formula is C60H64N2O16. The van der Waals surface area contributed by atoms with Crippen LogP contribution in [0.2, 0.25) is 0 Å². The molecule has 18 heteroatoms. The molecule has 2 fully saturated rings. The van der Waals surface area contributed by atoms with Crippen LogP contribution in [0.25, 0.3) is 0 Å². The lowest BCUT2D eigenvalue weighted by molar-refractivity contribution is -0.154. The molecule has 10 atom stereocenters. The van der Waals surface area contributed by atoms with Gasteiger partial charge in [0.05, 0.1) is 92.0 Å². The maximum absolute atomic E-state index is 14.6. The van der Waals surface area contributed by atoms with Gasteiger partial charge in [-0.1, -0.05) is 84.9 Å². The summed E-state index contributed by atoms with van der Waals surface area (Å²) in [5.41, 5.74) is -5.30. The smallest absolute Gasteiger partial charge is 0.226 e. The molecule has 0 unspecified atom stereocenters. The normalized spacial score (nSPS) is 27.0. The first-order chi connectivity index (χ1) is 37.8. The van der Waals surface area contributed by atoms with Gasteiger partial charge in [-0.2, -0.15) is 0 Å². The second kappa shape index (κ2) is 21.7. The second-order valence-electron chi connectivity index (χ2n) is 19.6. The number of aliphatic hydroxyl groups is 4. The monoisotopic (exact) mass is 1070 g/mol. The Morgan fingerprint density at radius 3 is 1.17 bits per heavy atom. The Bertz CT molecular complexity index is 2900. The summed E-state index contributed by atoms with van der Waals surface area (Å²) in [5.74, 6) is -2.63. The van der Waals surface area contributed by atoms with Gasteiger partial charge in [-0.05, 0) is 46.5 Å². The Kier molecular flexibility index (Phi) is 15.0. The number of carbonyl (C=O) groups is 2. The fourth-order valence-electron chi connectivity index (χ4n) is 12.6. The molecule has 0 spiro atoms. The van der Waals surface area contributed by atoms with Crippen LogP contribution in [0.4, 0.5) is 0 Å². The molecule has 2 heterocycles. The summed E-state index contributed by atoms with van der Waals surface area (Å²) in [4.78, 5) is 29.1. The lowest BCUT2D eigenvalue weighted by Gasteiger charge is -2.40. The highest BCUT2D eigenvalue weighted by molar-refractivity contribution is 5.84. The Labute approximate surface area is 451 Å². The molecule has 6 aromatic rings. The van der Waals surface area contributed by atoms with Gasteiger partial charge >= 0.3 is 0 Å². The fourth-order valence-corrected chi connectivity index (χ4v) is 12.6. The summed E-state index contributed by atoms with van der Waals surface area (Å²) in [5, 5.41) is 57.5. The van der Waals surface area contributed by atoms with E-state index in [-0.39, 0.29) is 73.6 Å². The number of benzene rings is 6. The molecule has 4 aliphatic rings. The molecule has 18 nitrogen and oxygen atoms in total. The molecule has 6 aromatic carbocycles. The minimum Gasteiger partial charge on any atom is -0.497 e. The number of nitrogens with one attached hydrogen (secondary N) is 2. The largest absolute Gasteiger partial charge is 0.497 e. The number of hydrogen-bond acceptors (Lipinski definition) is 16. The quantitative estimate of drug-likeness (QED) is 0.0509. The summed E-state index contributed by atoms with van der Waals surface area (Å²) in [7, 11) is 8.98. The van der Waals surface area contributed by atoms with Crippen LogP contribution in [-0.2, 0) is 41.5 Å². The lowest BCUT2D eigenvalue weighted by atomic mass is 9.70. The Balaban J connectivity index is 0.802. The van der Waals surface area contributed by atoms with Crippen molar-refractivity contribution < 1.29 is 77.4 Å². The molecule has 0 aromatic heterocycles. The zero-order valence-electron chi connectivity index (χ0n) is 44.1. The van der Waals surface area contributed by atoms with Crippen LogP contribution < -0.4 is 48.5 Å². The Morgan fingerprint density at radius 1 is 0.474 bits per heavy atom. The van der Waals surface area contributed by atoms with Gasteiger partial charge in [0.25, 0.3) is 0 Å². The zero-order valence-corrected chi connectivity index (χ0v) is 44.1. The molecule has 2 aliphatic carbocycles. The summed E-state index contributed by atoms with van der Waals surface area (Å²) < 4.78 is 59.2. The van der Waals surface area contributed by atoms with E-state index in [1.54, 1.807) is 87.0 Å². The molecule has 10 rings (SSSR count). The van der Waals surface area contributed by atoms with Crippen molar-refractivity contribution in [1.29, 1.82) is 0 Å². The molecule has 6 N–H and O–H groups in total. The maximum atomic E-state index is 14.6. The van der Waals surface area contributed by atoms with Crippen molar-refractivity contribution in [2.24, 2.45) is 11.8 Å². The van der Waals surface area contributed by atoms with E-state index in [2.05, 4.69) is 10.6 Å². The molecule has 78 heavy (non-hydrogen) atoms. The van der Waals surface area contributed by atoms with Gasteiger partial charge in [0.2, 0.25) is 11.8 Å². The number of fused-ring (bicyclic) bond motifs is 6. The standard InChI is InChI=1S/C60H64N2O16/c1-69-39-21-17-37(18-22-39)59-49(35-13-9-7-10-14-35)47(53(63)57(59,67)51-43(73-5)31-41(71-3)33-45(51)77-59)55(65)61-25-27-75-29-30-76-28-26-62-56(66)48-50(36-15-11-8-12-16-36)60(38-19-23-40(70-2)24-20-38)58(68,54(48)64)52-44(74-6)32-42(72-4)34-46(52)78-60/h7-24,31-34,47-50,53-54,63-64,67-68H,25-30H2,1-6H3,(H,61,65)(H,62,66)/t47-,48-,49-,50-,53-,54-,57+,58+,59+,60+/m1/s1. The Morgan fingerprint density at radius 2 is 0.833 bits per heavy atom. The van der Waals surface area contributed by atoms with Crippen molar-refractivity contribution in [3.63, 3.8) is 0 Å². The number of rotatable bonds is 21. The van der Waals surface area contributed by atoms with Crippen molar-refractivity contribution in [2.45, 2.75) is 46.4 Å². The van der Waals surface area contributed by atoms with Crippen LogP contribution in [0.5, 0.6) is 46.0 Å². The van der Waals surface area contributed by atoms with Gasteiger partial charge in [0.15, 0.2) is 22.4 Å². The van der Waals surface area contributed by atoms with Crippen LogP contribution in [0.3, 0.4) is 0 Å². The first kappa shape index (κ1) is 53.8. The highest BCUT2D eigenvalue weighted by Crippen LogP contribution is 2.72. The first-order valence-corrected chi connectivity index (χ1v) is 25.6. The van der Waals surface area contributed by atoms with Gasteiger partial charge in [0, 0.05) is 49.2 Å². The van der Waals surface area contributed by atoms with E-state index in [1.165, 1.54) is 28.4 Å². The van der Waals surface area contributed by atoms with E-state index in [9.17, 15) is 30.0 Å². The van der Waals surface area contributed by atoms with Crippen LogP contribution in [0.15, 0.2) is 133 Å². The van der Waals surface area contributed by atoms with E-state index in [0.717, 1.165) is 0 Å². The third-order valence-corrected chi connectivity index (χ3v) is 16.0. The van der Waals surface area contributed by atoms with Gasteiger partial charge in [-0.15, -0.1) is 0 Å². The number of ether oxygens (including phenoxy) is 10. The SMILES string of the molecule is COc1ccc([C@@]23Oc4cc(OC)cc(OC)c4[C@]2(O)[C@H](O)[C@H](C(=O)NCCOCCOCCNC(=O)[C@H]2[C@@H](O)[C@@]4(O)c5c(OC)cc(OC)cc5O[C@@]4(c4ccc(OC)cc4)[C@@H]2c2ccccc2)[C@H]3c2ccccc2)cc1. The van der Waals surface area contributed by atoms with Crippen molar-refractivity contribution in [1.82, 2.24) is 10.6 Å². The van der Waals surface area contributed by atoms with E-state index in [4.69, 9.17) is 47.4 Å². The molecule has 0 bridgehead atoms. The van der Waals surface area contributed by atoms with E-state index < -0.39 is 70.1 Å². The molecule has 410 valence electrons. The van der Waals surface area contributed by atoms with Crippen LogP contribution in [-0.4, -0.2) is 127 Å². The first-order valence-electron chi connectivity index (χ1n) is 25.6. The van der Waals surface area contributed by atoms with Crippen molar-refractivity contribution in [3.05, 3.63) is 167 Å². The zero-order chi connectivity index (χ0) is 55.0. The molecule has 2 aliphatic heterocycles. The topological polar surface area (TPSA) is 231 Å². The van der Waals surface area contributed by atoms with Crippen LogP contribution in [0.1, 0.15) is 45.2 Å². The molecule has 0 saturated heterocycles. The average Bonchev–Trinajstić information content (AvgIpc) is 3.74. The molecule has 0 radical (unpaired) electrons. The Hall–Kier alpha value is -7.58. The second-order valence-corrected chi connectivity index (χ2v) is 19.6. The highest BCUT2D eigenvalue weighted by atomic mass is 16.6. The molecule has 2 saturated carbocycles. The predicted molar refractivity (Wildman–Crippen MR) is 283 cm³/mol. The average molecular weight is 1070 g/mol. The van der Waals surface area contributed by atoms with Crippen molar-refractivity contribution in [2.75, 3.05) is 82.2 Å². The minimum atomic E-state index is -2.21. The van der Waals surface area contributed by atoms with E-state index in [1.807, 2.05) is 60.7 Å². The summed E-state index contributed by atoms with van der Waals surface area (Å²) in [6.07, 6.45) is -3.41. The maximum Gasteiger partial charge on any atom is 0.226 e. The van der Waals surface area contributed by atoms with Gasteiger partial charge < -0.3 is 78.4 Å². The van der Waals surface area contributed by atoms with E-state index in [0.29, 0.717) is 45.3 Å². The number of carbonyl (C=O) groups excluding carboxylic acids is 2. The van der Waals surface area contributed by atoms with E-state index >= 15 is 0 Å². The van der Waals surface area contributed by atoms with Gasteiger partial charge in [0.1, 0.15) is 58.2 Å². The summed E-state index contributed by atoms with van der Waals surface area (Å²) >= 11 is 0. The van der Waals surface area contributed by atoms with Crippen LogP contribution in [0, 0.1) is 11.8 Å². The number of methoxy groups -OCH3 is 6. The summed E-state index contributed by atoms with van der Waals surface area (Å²) in [6, 6.07) is 38.7. The predicted octanol–water partition coefficient (Wildman–Crippen LogP) is 5.20. The third-order valence-electron chi connectivity index (χ3n) is 16.0. The lowest BCUT2D eigenvalue weighted by Crippen LogP contribution is -2.52. The molecular weight excluding hydrogens is 1000 g/mol. The number of amides is 2. The van der Waals surface area contributed by atoms with Gasteiger partial charge in [-0.3, -0.25) is 9.59 Å². The van der Waals surface area contributed by atoms with Crippen molar-refractivity contribution >= 4 is 11.8 Å². The molecule has 2 amide bonds. The summed E-state index contributed by atoms with van der Waals surface area (Å²) in [6.45, 7) is 0.524. The fraction of sp³-hybridized carbons (Fsp3) is 0.367. The third kappa shape index (κ3) is 8.31. The number of hydrogen-bond donors (Lipinski definition) is 6. The van der Waals surface area contributed by atoms with Gasteiger partial charge in [-0.25, -0.2) is 0 Å². The highest BCUT2D eigenvalue weighted by Gasteiger charge is 2.79. The van der Waals surface area contributed by atoms with Crippen molar-refractivity contribution in [3.8, 4) is 46.0 Å². The van der Waals surface area contributed by atoms with Crippen LogP contribution >= 0.6 is 0 Å².